The Labute approximate surface area is 193 Å². The lowest BCUT2D eigenvalue weighted by Crippen LogP contribution is -2.15. The minimum absolute atomic E-state index is 0.0735. The van der Waals surface area contributed by atoms with E-state index in [2.05, 4.69) is 41.4 Å². The molecular weight excluding hydrogens is 484 g/mol. The number of nitrogens with one attached hydrogen (secondary N) is 1. The molecule has 0 spiro atoms. The van der Waals surface area contributed by atoms with Gasteiger partial charge < -0.3 is 9.88 Å². The highest BCUT2D eigenvalue weighted by Gasteiger charge is 2.15. The number of nitrogens with zero attached hydrogens (tertiary/aromatic N) is 5. The van der Waals surface area contributed by atoms with E-state index in [4.69, 9.17) is 0 Å². The van der Waals surface area contributed by atoms with Gasteiger partial charge in [0.05, 0.1) is 11.5 Å². The van der Waals surface area contributed by atoms with Crippen LogP contribution in [0.5, 0.6) is 0 Å². The van der Waals surface area contributed by atoms with Gasteiger partial charge in [-0.05, 0) is 57.5 Å². The van der Waals surface area contributed by atoms with Crippen molar-refractivity contribution in [2.24, 2.45) is 0 Å². The molecule has 0 fully saturated rings. The van der Waals surface area contributed by atoms with Gasteiger partial charge in [-0.2, -0.15) is 0 Å². The van der Waals surface area contributed by atoms with Gasteiger partial charge in [-0.15, -0.1) is 10.2 Å². The van der Waals surface area contributed by atoms with E-state index < -0.39 is 0 Å². The first kappa shape index (κ1) is 22.8. The quantitative estimate of drug-likeness (QED) is 0.346. The third-order valence-electron chi connectivity index (χ3n) is 4.20. The largest absolute Gasteiger partial charge is 0.325 e. The second-order valence-corrected chi connectivity index (χ2v) is 9.46. The van der Waals surface area contributed by atoms with Crippen LogP contribution in [0.3, 0.4) is 0 Å². The summed E-state index contributed by atoms with van der Waals surface area (Å²) < 4.78 is 3.01. The number of anilines is 1. The van der Waals surface area contributed by atoms with Crippen LogP contribution < -0.4 is 5.32 Å². The normalized spacial score (nSPS) is 11.0. The summed E-state index contributed by atoms with van der Waals surface area (Å²) in [5, 5.41) is 13.0. The molecule has 1 N–H and O–H groups in total. The molecule has 2 heterocycles. The first-order valence-corrected chi connectivity index (χ1v) is 12.2. The Morgan fingerprint density at radius 3 is 2.50 bits per heavy atom. The number of rotatable bonds is 8. The molecule has 0 atom stereocenters. The summed E-state index contributed by atoms with van der Waals surface area (Å²) in [6, 6.07) is 7.72. The van der Waals surface area contributed by atoms with Crippen molar-refractivity contribution < 1.29 is 4.79 Å². The highest BCUT2D eigenvalue weighted by atomic mass is 79.9. The average molecular weight is 507 g/mol. The average Bonchev–Trinajstić information content (AvgIpc) is 3.08. The zero-order chi connectivity index (χ0) is 21.7. The Bertz CT molecular complexity index is 1040. The van der Waals surface area contributed by atoms with Gasteiger partial charge in [0.25, 0.3) is 0 Å². The number of halogens is 1. The molecule has 1 aromatic carbocycles. The summed E-state index contributed by atoms with van der Waals surface area (Å²) in [4.78, 5) is 21.3. The third-order valence-corrected chi connectivity index (χ3v) is 6.50. The summed E-state index contributed by atoms with van der Waals surface area (Å²) >= 11 is 6.35. The second-order valence-electron chi connectivity index (χ2n) is 6.66. The zero-order valence-corrected chi connectivity index (χ0v) is 20.5. The van der Waals surface area contributed by atoms with Crippen LogP contribution >= 0.6 is 39.5 Å². The van der Waals surface area contributed by atoms with Crippen molar-refractivity contribution in [1.82, 2.24) is 24.7 Å². The number of aromatic nitrogens is 5. The van der Waals surface area contributed by atoms with Gasteiger partial charge in [0.15, 0.2) is 10.3 Å². The van der Waals surface area contributed by atoms with Gasteiger partial charge in [-0.25, -0.2) is 9.97 Å². The lowest BCUT2D eigenvalue weighted by atomic mass is 10.2. The molecule has 0 aliphatic carbocycles. The Morgan fingerprint density at radius 1 is 1.10 bits per heavy atom. The van der Waals surface area contributed by atoms with E-state index in [1.54, 1.807) is 0 Å². The predicted octanol–water partition coefficient (Wildman–Crippen LogP) is 4.80. The van der Waals surface area contributed by atoms with Crippen molar-refractivity contribution >= 4 is 51.0 Å². The number of carbonyl (C=O) groups is 1. The van der Waals surface area contributed by atoms with E-state index in [0.717, 1.165) is 49.8 Å². The van der Waals surface area contributed by atoms with Crippen LogP contribution in [0.2, 0.25) is 0 Å². The fourth-order valence-corrected chi connectivity index (χ4v) is 5.01. The van der Waals surface area contributed by atoms with Gasteiger partial charge in [0, 0.05) is 28.1 Å². The molecule has 158 valence electrons. The summed E-state index contributed by atoms with van der Waals surface area (Å²) in [5.74, 6) is 1.66. The maximum atomic E-state index is 12.4. The number of hydrogen-bond donors (Lipinski definition) is 1. The maximum absolute atomic E-state index is 12.4. The van der Waals surface area contributed by atoms with Crippen molar-refractivity contribution in [1.29, 1.82) is 0 Å². The van der Waals surface area contributed by atoms with Crippen molar-refractivity contribution in [3.63, 3.8) is 0 Å². The second kappa shape index (κ2) is 10.4. The minimum atomic E-state index is -0.0735. The van der Waals surface area contributed by atoms with E-state index in [-0.39, 0.29) is 11.7 Å². The standard InChI is InChI=1S/C20H23BrN6OS2/c1-5-27-17(10-29-19-22-13(3)9-14(4)23-19)25-26-20(27)30-11-18(28)24-16-7-6-15(21)8-12(16)2/h6-9H,5,10-11H2,1-4H3,(H,24,28). The molecular formula is C20H23BrN6OS2. The fourth-order valence-electron chi connectivity index (χ4n) is 2.82. The first-order valence-electron chi connectivity index (χ1n) is 9.41. The van der Waals surface area contributed by atoms with E-state index in [0.29, 0.717) is 5.75 Å². The highest BCUT2D eigenvalue weighted by Crippen LogP contribution is 2.24. The molecule has 0 aliphatic heterocycles. The Kier molecular flexibility index (Phi) is 7.90. The summed E-state index contributed by atoms with van der Waals surface area (Å²) in [7, 11) is 0. The monoisotopic (exact) mass is 506 g/mol. The van der Waals surface area contributed by atoms with E-state index in [1.165, 1.54) is 23.5 Å². The Hall–Kier alpha value is -1.91. The molecule has 30 heavy (non-hydrogen) atoms. The number of aryl methyl sites for hydroxylation is 3. The molecule has 0 saturated heterocycles. The molecule has 0 unspecified atom stereocenters. The molecule has 1 amide bonds. The van der Waals surface area contributed by atoms with Crippen LogP contribution in [0, 0.1) is 20.8 Å². The van der Waals surface area contributed by atoms with Gasteiger partial charge >= 0.3 is 0 Å². The molecule has 0 bridgehead atoms. The molecule has 0 aliphatic rings. The molecule has 0 saturated carbocycles. The summed E-state index contributed by atoms with van der Waals surface area (Å²) in [5.41, 5.74) is 3.72. The van der Waals surface area contributed by atoms with Crippen LogP contribution in [0.25, 0.3) is 0 Å². The molecule has 2 aromatic heterocycles. The summed E-state index contributed by atoms with van der Waals surface area (Å²) in [6.45, 7) is 8.66. The maximum Gasteiger partial charge on any atom is 0.234 e. The van der Waals surface area contributed by atoms with Gasteiger partial charge in [-0.1, -0.05) is 39.5 Å². The topological polar surface area (TPSA) is 85.6 Å². The number of thioether (sulfide) groups is 2. The van der Waals surface area contributed by atoms with E-state index in [9.17, 15) is 4.79 Å². The van der Waals surface area contributed by atoms with Crippen LogP contribution in [0.15, 0.2) is 39.1 Å². The molecule has 0 radical (unpaired) electrons. The van der Waals surface area contributed by atoms with Crippen molar-refractivity contribution in [3.8, 4) is 0 Å². The van der Waals surface area contributed by atoms with Crippen LogP contribution in [0.4, 0.5) is 5.69 Å². The van der Waals surface area contributed by atoms with Gasteiger partial charge in [0.1, 0.15) is 5.82 Å². The number of hydrogen-bond acceptors (Lipinski definition) is 7. The lowest BCUT2D eigenvalue weighted by Gasteiger charge is -2.09. The molecule has 7 nitrogen and oxygen atoms in total. The van der Waals surface area contributed by atoms with E-state index >= 15 is 0 Å². The van der Waals surface area contributed by atoms with Crippen molar-refractivity contribution in [3.05, 3.63) is 51.5 Å². The first-order chi connectivity index (χ1) is 14.4. The minimum Gasteiger partial charge on any atom is -0.325 e. The van der Waals surface area contributed by atoms with Gasteiger partial charge in [-0.3, -0.25) is 4.79 Å². The number of amides is 1. The van der Waals surface area contributed by atoms with Gasteiger partial charge in [0.2, 0.25) is 5.91 Å². The Morgan fingerprint density at radius 2 is 1.83 bits per heavy atom. The zero-order valence-electron chi connectivity index (χ0n) is 17.3. The van der Waals surface area contributed by atoms with Crippen LogP contribution in [-0.2, 0) is 17.1 Å². The predicted molar refractivity (Wildman–Crippen MR) is 125 cm³/mol. The molecule has 3 rings (SSSR count). The lowest BCUT2D eigenvalue weighted by molar-refractivity contribution is -0.113. The smallest absolute Gasteiger partial charge is 0.234 e. The van der Waals surface area contributed by atoms with Crippen molar-refractivity contribution in [2.45, 2.75) is 50.3 Å². The summed E-state index contributed by atoms with van der Waals surface area (Å²) in [6.07, 6.45) is 0. The number of carbonyl (C=O) groups excluding carboxylic acids is 1. The fraction of sp³-hybridized carbons (Fsp3) is 0.350. The Balaban J connectivity index is 1.60. The molecule has 3 aromatic rings. The van der Waals surface area contributed by atoms with E-state index in [1.807, 2.05) is 56.5 Å². The van der Waals surface area contributed by atoms with Crippen LogP contribution in [0.1, 0.15) is 29.7 Å². The molecule has 10 heteroatoms. The highest BCUT2D eigenvalue weighted by molar-refractivity contribution is 9.10. The number of benzene rings is 1. The van der Waals surface area contributed by atoms with Crippen LogP contribution in [-0.4, -0.2) is 36.4 Å². The SMILES string of the molecule is CCn1c(CSc2nc(C)cc(C)n2)nnc1SCC(=O)Nc1ccc(Br)cc1C. The van der Waals surface area contributed by atoms with Crippen molar-refractivity contribution in [2.75, 3.05) is 11.1 Å². The third kappa shape index (κ3) is 6.05.